The average molecular weight is 560 g/mol. The summed E-state index contributed by atoms with van der Waals surface area (Å²) in [5.74, 6) is -0.0426. The number of aromatic nitrogens is 2. The summed E-state index contributed by atoms with van der Waals surface area (Å²) in [6.45, 7) is 2.53. The number of likely N-dealkylation sites (tertiary alicyclic amines) is 1. The highest BCUT2D eigenvalue weighted by atomic mass is 16.6. The highest BCUT2D eigenvalue weighted by molar-refractivity contribution is 5.89. The third-order valence-electron chi connectivity index (χ3n) is 8.13. The molecule has 0 spiro atoms. The maximum Gasteiger partial charge on any atom is 0.303 e. The molecular formula is C35H33N3O4. The van der Waals surface area contributed by atoms with Crippen molar-refractivity contribution in [1.29, 1.82) is 0 Å². The van der Waals surface area contributed by atoms with Crippen molar-refractivity contribution in [1.82, 2.24) is 14.9 Å². The van der Waals surface area contributed by atoms with Gasteiger partial charge in [0.2, 0.25) is 5.91 Å². The Bertz CT molecular complexity index is 1690. The van der Waals surface area contributed by atoms with Crippen molar-refractivity contribution >= 4 is 22.8 Å². The van der Waals surface area contributed by atoms with Gasteiger partial charge in [0.05, 0.1) is 23.8 Å². The van der Waals surface area contributed by atoms with Gasteiger partial charge in [-0.1, -0.05) is 66.7 Å². The number of fused-ring (bicyclic) bond motifs is 1. The largest absolute Gasteiger partial charge is 0.507 e. The van der Waals surface area contributed by atoms with E-state index in [9.17, 15) is 14.7 Å². The molecular weight excluding hydrogens is 526 g/mol. The van der Waals surface area contributed by atoms with Crippen LogP contribution >= 0.6 is 0 Å². The summed E-state index contributed by atoms with van der Waals surface area (Å²) in [6.07, 6.45) is 5.65. The molecule has 0 unspecified atom stereocenters. The monoisotopic (exact) mass is 559 g/mol. The van der Waals surface area contributed by atoms with E-state index in [-0.39, 0.29) is 24.0 Å². The average Bonchev–Trinajstić information content (AvgIpc) is 3.42. The van der Waals surface area contributed by atoms with Crippen LogP contribution < -0.4 is 0 Å². The summed E-state index contributed by atoms with van der Waals surface area (Å²) < 4.78 is 5.84. The quantitative estimate of drug-likeness (QED) is 0.228. The Morgan fingerprint density at radius 3 is 2.38 bits per heavy atom. The summed E-state index contributed by atoms with van der Waals surface area (Å²) in [7, 11) is 0. The molecule has 0 atom stereocenters. The van der Waals surface area contributed by atoms with Gasteiger partial charge < -0.3 is 19.7 Å². The first kappa shape index (κ1) is 27.3. The van der Waals surface area contributed by atoms with Gasteiger partial charge in [0, 0.05) is 62.0 Å². The molecule has 7 nitrogen and oxygen atoms in total. The number of nitrogens with zero attached hydrogens (tertiary/aromatic N) is 2. The highest BCUT2D eigenvalue weighted by Gasteiger charge is 2.38. The molecule has 42 heavy (non-hydrogen) atoms. The number of phenolic OH excluding ortho intramolecular Hbond substituents is 1. The zero-order valence-corrected chi connectivity index (χ0v) is 23.5. The lowest BCUT2D eigenvalue weighted by Crippen LogP contribution is -2.50. The van der Waals surface area contributed by atoms with E-state index in [2.05, 4.69) is 9.97 Å². The number of phenols is 1. The SMILES string of the molecule is CC(=O)OC1(Cc2ccccc2)CCN(C(=O)Cc2ccc(-c3cccc(-c4cc5ccncc5[nH]4)c3O)cc2)CC1. The lowest BCUT2D eigenvalue weighted by atomic mass is 9.84. The van der Waals surface area contributed by atoms with E-state index in [1.165, 1.54) is 6.92 Å². The number of ether oxygens (including phenoxy) is 1. The van der Waals surface area contributed by atoms with Crippen LogP contribution in [-0.4, -0.2) is 50.5 Å². The molecule has 0 radical (unpaired) electrons. The number of pyridine rings is 1. The van der Waals surface area contributed by atoms with Crippen molar-refractivity contribution in [3.8, 4) is 28.1 Å². The minimum Gasteiger partial charge on any atom is -0.507 e. The molecule has 1 fully saturated rings. The van der Waals surface area contributed by atoms with E-state index in [1.54, 1.807) is 12.4 Å². The second-order valence-electron chi connectivity index (χ2n) is 11.0. The van der Waals surface area contributed by atoms with Gasteiger partial charge in [-0.05, 0) is 34.9 Å². The van der Waals surface area contributed by atoms with Crippen LogP contribution in [0.15, 0.2) is 97.3 Å². The van der Waals surface area contributed by atoms with Gasteiger partial charge in [-0.3, -0.25) is 14.6 Å². The zero-order valence-electron chi connectivity index (χ0n) is 23.5. The van der Waals surface area contributed by atoms with Crippen molar-refractivity contribution < 1.29 is 19.4 Å². The molecule has 3 aromatic carbocycles. The van der Waals surface area contributed by atoms with E-state index in [0.29, 0.717) is 37.9 Å². The number of rotatable bonds is 7. The summed E-state index contributed by atoms with van der Waals surface area (Å²) in [5, 5.41) is 12.2. The Morgan fingerprint density at radius 1 is 0.929 bits per heavy atom. The fourth-order valence-electron chi connectivity index (χ4n) is 5.95. The summed E-state index contributed by atoms with van der Waals surface area (Å²) in [5.41, 5.74) is 5.47. The summed E-state index contributed by atoms with van der Waals surface area (Å²) in [6, 6.07) is 27.4. The van der Waals surface area contributed by atoms with E-state index in [1.807, 2.05) is 89.8 Å². The Balaban J connectivity index is 1.12. The Labute approximate surface area is 244 Å². The lowest BCUT2D eigenvalue weighted by Gasteiger charge is -2.41. The van der Waals surface area contributed by atoms with Gasteiger partial charge in [0.15, 0.2) is 0 Å². The van der Waals surface area contributed by atoms with Gasteiger partial charge in [0.1, 0.15) is 11.4 Å². The van der Waals surface area contributed by atoms with E-state index in [0.717, 1.165) is 38.9 Å². The molecule has 1 aliphatic rings. The van der Waals surface area contributed by atoms with Crippen LogP contribution in [0.3, 0.4) is 0 Å². The number of nitrogens with one attached hydrogen (secondary N) is 1. The summed E-state index contributed by atoms with van der Waals surface area (Å²) >= 11 is 0. The predicted molar refractivity (Wildman–Crippen MR) is 163 cm³/mol. The normalized spacial score (nSPS) is 14.5. The first-order valence-corrected chi connectivity index (χ1v) is 14.2. The molecule has 0 bridgehead atoms. The molecule has 1 saturated heterocycles. The van der Waals surface area contributed by atoms with Crippen LogP contribution in [0.4, 0.5) is 0 Å². The first-order chi connectivity index (χ1) is 20.4. The first-order valence-electron chi connectivity index (χ1n) is 14.2. The number of hydrogen-bond donors (Lipinski definition) is 2. The maximum absolute atomic E-state index is 13.2. The lowest BCUT2D eigenvalue weighted by molar-refractivity contribution is -0.163. The van der Waals surface area contributed by atoms with Crippen LogP contribution in [0.2, 0.25) is 0 Å². The molecule has 3 heterocycles. The minimum atomic E-state index is -0.591. The number of carbonyl (C=O) groups is 2. The Morgan fingerprint density at radius 2 is 1.67 bits per heavy atom. The molecule has 1 amide bonds. The molecule has 0 aliphatic carbocycles. The fraction of sp³-hybridized carbons (Fsp3) is 0.229. The van der Waals surface area contributed by atoms with Crippen molar-refractivity contribution in [2.24, 2.45) is 0 Å². The zero-order chi connectivity index (χ0) is 29.1. The molecule has 2 N–H and O–H groups in total. The van der Waals surface area contributed by atoms with Gasteiger partial charge in [0.25, 0.3) is 0 Å². The third-order valence-corrected chi connectivity index (χ3v) is 8.13. The number of benzene rings is 3. The number of piperidine rings is 1. The van der Waals surface area contributed by atoms with Gasteiger partial charge in [-0.15, -0.1) is 0 Å². The van der Waals surface area contributed by atoms with Crippen LogP contribution in [-0.2, 0) is 27.2 Å². The second-order valence-corrected chi connectivity index (χ2v) is 11.0. The molecule has 212 valence electrons. The fourth-order valence-corrected chi connectivity index (χ4v) is 5.95. The highest BCUT2D eigenvalue weighted by Crippen LogP contribution is 2.38. The smallest absolute Gasteiger partial charge is 0.303 e. The number of aromatic hydroxyl groups is 1. The standard InChI is InChI=1S/C35H33N3O4/c1-24(39)42-35(22-26-6-3-2-4-7-26)15-18-38(19-16-35)33(40)20-25-10-12-27(13-11-25)29-8-5-9-30(34(29)41)31-21-28-14-17-36-23-32(28)37-31/h2-14,17,21,23,37,41H,15-16,18-20,22H2,1H3. The molecule has 2 aromatic heterocycles. The third kappa shape index (κ3) is 5.77. The predicted octanol–water partition coefficient (Wildman–Crippen LogP) is 6.31. The molecule has 0 saturated carbocycles. The van der Waals surface area contributed by atoms with Crippen LogP contribution in [0.1, 0.15) is 30.9 Å². The summed E-state index contributed by atoms with van der Waals surface area (Å²) in [4.78, 5) is 34.5. The maximum atomic E-state index is 13.2. The van der Waals surface area contributed by atoms with Crippen molar-refractivity contribution in [3.05, 3.63) is 108 Å². The van der Waals surface area contributed by atoms with Crippen molar-refractivity contribution in [2.75, 3.05) is 13.1 Å². The number of para-hydroxylation sites is 1. The number of aromatic amines is 1. The van der Waals surface area contributed by atoms with Crippen LogP contribution in [0.25, 0.3) is 33.3 Å². The van der Waals surface area contributed by atoms with Crippen LogP contribution in [0, 0.1) is 0 Å². The number of H-pyrrole nitrogens is 1. The molecule has 6 rings (SSSR count). The number of esters is 1. The molecule has 7 heteroatoms. The van der Waals surface area contributed by atoms with Gasteiger partial charge >= 0.3 is 5.97 Å². The van der Waals surface area contributed by atoms with Crippen molar-refractivity contribution in [2.45, 2.75) is 38.2 Å². The van der Waals surface area contributed by atoms with E-state index < -0.39 is 5.60 Å². The van der Waals surface area contributed by atoms with Gasteiger partial charge in [-0.2, -0.15) is 0 Å². The van der Waals surface area contributed by atoms with Crippen molar-refractivity contribution in [3.63, 3.8) is 0 Å². The number of hydrogen-bond acceptors (Lipinski definition) is 5. The Hall–Kier alpha value is -4.91. The topological polar surface area (TPSA) is 95.5 Å². The van der Waals surface area contributed by atoms with E-state index in [4.69, 9.17) is 4.74 Å². The second kappa shape index (κ2) is 11.5. The van der Waals surface area contributed by atoms with Gasteiger partial charge in [-0.25, -0.2) is 0 Å². The number of amides is 1. The molecule has 1 aliphatic heterocycles. The Kier molecular flexibility index (Phi) is 7.48. The molecule has 5 aromatic rings. The number of carbonyl (C=O) groups excluding carboxylic acids is 2. The van der Waals surface area contributed by atoms with Crippen LogP contribution in [0.5, 0.6) is 5.75 Å². The minimum absolute atomic E-state index is 0.0528. The van der Waals surface area contributed by atoms with E-state index >= 15 is 0 Å².